The van der Waals surface area contributed by atoms with Crippen molar-refractivity contribution in [1.82, 2.24) is 9.80 Å². The Bertz CT molecular complexity index is 2210. The number of amides is 1. The number of benzene rings is 4. The van der Waals surface area contributed by atoms with Crippen molar-refractivity contribution in [3.05, 3.63) is 104 Å². The number of rotatable bonds is 15. The fourth-order valence-electron chi connectivity index (χ4n) is 7.18. The minimum absolute atomic E-state index is 0.0248. The SMILES string of the molecule is COc1c(C#N)cc2ccccc2c1C(=O)N(C)CC(CCN1CCC(c2ccc(Cl)cc2[S+](C)[O-])CC1)c1ccc(Cl)c(Cl)c1.O=C(O)CC(O)(CC(=O)O)C(=O)O. The fraction of sp³-hybridized carbons (Fsp3) is 0.357. The molecule has 59 heavy (non-hydrogen) atoms. The number of aliphatic carboxylic acids is 3. The zero-order valence-electron chi connectivity index (χ0n) is 32.5. The molecule has 0 radical (unpaired) electrons. The van der Waals surface area contributed by atoms with E-state index in [1.165, 1.54) is 7.11 Å². The summed E-state index contributed by atoms with van der Waals surface area (Å²) in [5.74, 6) is -4.65. The van der Waals surface area contributed by atoms with Crippen LogP contribution in [0.25, 0.3) is 10.8 Å². The van der Waals surface area contributed by atoms with E-state index in [9.17, 15) is 29.0 Å². The molecular weight excluding hydrogens is 845 g/mol. The van der Waals surface area contributed by atoms with Gasteiger partial charge in [0.15, 0.2) is 10.5 Å². The summed E-state index contributed by atoms with van der Waals surface area (Å²) in [6.07, 6.45) is 2.13. The van der Waals surface area contributed by atoms with Crippen LogP contribution in [0.15, 0.2) is 71.6 Å². The second-order valence-electron chi connectivity index (χ2n) is 14.2. The number of halogens is 3. The molecule has 4 N–H and O–H groups in total. The number of likely N-dealkylation sites (N-methyl/N-ethyl adjacent to an activating group) is 1. The van der Waals surface area contributed by atoms with Crippen LogP contribution in [0.4, 0.5) is 0 Å². The Balaban J connectivity index is 0.000000509. The molecule has 5 rings (SSSR count). The second kappa shape index (κ2) is 21.1. The summed E-state index contributed by atoms with van der Waals surface area (Å²) >= 11 is 17.8. The molecular formula is C42H44Cl3N3O10S. The smallest absolute Gasteiger partial charge is 0.336 e. The van der Waals surface area contributed by atoms with E-state index < -0.39 is 47.5 Å². The second-order valence-corrected chi connectivity index (χ2v) is 16.8. The zero-order valence-corrected chi connectivity index (χ0v) is 35.6. The molecule has 0 aliphatic carbocycles. The summed E-state index contributed by atoms with van der Waals surface area (Å²) in [5, 5.41) is 46.7. The number of carboxylic acids is 3. The van der Waals surface area contributed by atoms with Crippen molar-refractivity contribution >= 4 is 80.6 Å². The molecule has 1 aliphatic rings. The van der Waals surface area contributed by atoms with Gasteiger partial charge in [0.05, 0.1) is 41.1 Å². The van der Waals surface area contributed by atoms with Crippen molar-refractivity contribution in [3.63, 3.8) is 0 Å². The molecule has 0 bridgehead atoms. The van der Waals surface area contributed by atoms with Gasteiger partial charge in [-0.15, -0.1) is 0 Å². The third kappa shape index (κ3) is 12.2. The summed E-state index contributed by atoms with van der Waals surface area (Å²) in [6.45, 7) is 3.09. The number of nitrogens with zero attached hydrogens (tertiary/aromatic N) is 3. The average molecular weight is 889 g/mol. The van der Waals surface area contributed by atoms with Gasteiger partial charge in [0.1, 0.15) is 18.1 Å². The highest BCUT2D eigenvalue weighted by Gasteiger charge is 2.41. The van der Waals surface area contributed by atoms with E-state index in [0.717, 1.165) is 65.7 Å². The predicted octanol–water partition coefficient (Wildman–Crippen LogP) is 7.29. The van der Waals surface area contributed by atoms with Crippen LogP contribution in [-0.2, 0) is 25.6 Å². The number of hydrogen-bond acceptors (Lipinski definition) is 9. The van der Waals surface area contributed by atoms with Gasteiger partial charge >= 0.3 is 17.9 Å². The number of ether oxygens (including phenoxy) is 1. The van der Waals surface area contributed by atoms with Crippen molar-refractivity contribution in [2.24, 2.45) is 0 Å². The van der Waals surface area contributed by atoms with Gasteiger partial charge in [0, 0.05) is 36.2 Å². The maximum absolute atomic E-state index is 14.1. The summed E-state index contributed by atoms with van der Waals surface area (Å²) in [4.78, 5) is 49.6. The van der Waals surface area contributed by atoms with Crippen LogP contribution in [0, 0.1) is 11.3 Å². The van der Waals surface area contributed by atoms with Crippen LogP contribution < -0.4 is 4.74 Å². The highest BCUT2D eigenvalue weighted by Crippen LogP contribution is 2.36. The van der Waals surface area contributed by atoms with Crippen molar-refractivity contribution < 1.29 is 48.9 Å². The summed E-state index contributed by atoms with van der Waals surface area (Å²) in [6, 6.07) is 22.9. The topological polar surface area (TPSA) is 212 Å². The molecule has 0 saturated carbocycles. The van der Waals surface area contributed by atoms with Gasteiger partial charge in [-0.25, -0.2) is 4.79 Å². The number of aliphatic hydroxyl groups is 1. The Kier molecular flexibility index (Phi) is 16.8. The van der Waals surface area contributed by atoms with Crippen molar-refractivity contribution in [3.8, 4) is 11.8 Å². The molecule has 13 nitrogen and oxygen atoms in total. The number of carboxylic acid groups (broad SMARTS) is 3. The highest BCUT2D eigenvalue weighted by atomic mass is 35.5. The van der Waals surface area contributed by atoms with Gasteiger partial charge in [-0.05, 0) is 96.6 Å². The molecule has 1 heterocycles. The molecule has 314 valence electrons. The molecule has 2 atom stereocenters. The van der Waals surface area contributed by atoms with Gasteiger partial charge in [0.25, 0.3) is 5.91 Å². The van der Waals surface area contributed by atoms with E-state index in [2.05, 4.69) is 11.0 Å². The molecule has 0 aromatic heterocycles. The van der Waals surface area contributed by atoms with Gasteiger partial charge in [-0.3, -0.25) is 14.4 Å². The van der Waals surface area contributed by atoms with Gasteiger partial charge in [0.2, 0.25) is 0 Å². The maximum atomic E-state index is 14.1. The first-order valence-corrected chi connectivity index (χ1v) is 21.0. The third-order valence-electron chi connectivity index (χ3n) is 10.2. The highest BCUT2D eigenvalue weighted by molar-refractivity contribution is 7.90. The lowest BCUT2D eigenvalue weighted by atomic mass is 9.88. The van der Waals surface area contributed by atoms with Crippen LogP contribution in [-0.4, -0.2) is 111 Å². The van der Waals surface area contributed by atoms with E-state index in [0.29, 0.717) is 38.7 Å². The first kappa shape index (κ1) is 47.1. The fourth-order valence-corrected chi connectivity index (χ4v) is 8.59. The van der Waals surface area contributed by atoms with E-state index in [1.54, 1.807) is 30.3 Å². The molecule has 1 saturated heterocycles. The van der Waals surface area contributed by atoms with Crippen LogP contribution in [0.2, 0.25) is 15.1 Å². The quantitative estimate of drug-likeness (QED) is 0.0867. The molecule has 0 spiro atoms. The minimum Gasteiger partial charge on any atom is -0.612 e. The lowest BCUT2D eigenvalue weighted by Gasteiger charge is -2.34. The molecule has 17 heteroatoms. The normalized spacial score (nSPS) is 14.4. The lowest BCUT2D eigenvalue weighted by molar-refractivity contribution is -0.170. The van der Waals surface area contributed by atoms with Gasteiger partial charge in [-0.1, -0.05) is 71.2 Å². The van der Waals surface area contributed by atoms with Crippen LogP contribution in [0.3, 0.4) is 0 Å². The average Bonchev–Trinajstić information content (AvgIpc) is 3.19. The Morgan fingerprint density at radius 1 is 0.983 bits per heavy atom. The Morgan fingerprint density at radius 2 is 1.63 bits per heavy atom. The molecule has 1 fully saturated rings. The molecule has 1 aliphatic heterocycles. The van der Waals surface area contributed by atoms with E-state index in [1.807, 2.05) is 54.6 Å². The molecule has 4 aromatic carbocycles. The van der Waals surface area contributed by atoms with Crippen molar-refractivity contribution in [1.29, 1.82) is 5.26 Å². The third-order valence-corrected chi connectivity index (χ3v) is 12.1. The number of fused-ring (bicyclic) bond motifs is 1. The van der Waals surface area contributed by atoms with E-state index in [4.69, 9.17) is 60.0 Å². The van der Waals surface area contributed by atoms with E-state index >= 15 is 0 Å². The lowest BCUT2D eigenvalue weighted by Crippen LogP contribution is -2.42. The summed E-state index contributed by atoms with van der Waals surface area (Å²) in [7, 11) is 3.27. The molecule has 1 amide bonds. The number of hydrogen-bond donors (Lipinski definition) is 4. The number of methoxy groups -OCH3 is 1. The first-order valence-electron chi connectivity index (χ1n) is 18.3. The van der Waals surface area contributed by atoms with E-state index in [-0.39, 0.29) is 17.6 Å². The van der Waals surface area contributed by atoms with Crippen molar-refractivity contribution in [2.45, 2.75) is 54.4 Å². The van der Waals surface area contributed by atoms with Crippen LogP contribution >= 0.6 is 34.8 Å². The van der Waals surface area contributed by atoms with Crippen molar-refractivity contribution in [2.75, 3.05) is 46.6 Å². The Labute approximate surface area is 359 Å². The summed E-state index contributed by atoms with van der Waals surface area (Å²) < 4.78 is 18.0. The summed E-state index contributed by atoms with van der Waals surface area (Å²) in [5.41, 5.74) is 0.0878. The van der Waals surface area contributed by atoms with Gasteiger partial charge in [-0.2, -0.15) is 5.26 Å². The monoisotopic (exact) mass is 887 g/mol. The zero-order chi connectivity index (χ0) is 43.6. The predicted molar refractivity (Wildman–Crippen MR) is 225 cm³/mol. The number of nitriles is 1. The van der Waals surface area contributed by atoms with Crippen LogP contribution in [0.5, 0.6) is 5.75 Å². The minimum atomic E-state index is -2.74. The number of carbonyl (C=O) groups excluding carboxylic acids is 1. The Hall–Kier alpha value is -4.59. The number of piperidine rings is 1. The molecule has 4 aromatic rings. The standard InChI is InChI=1S/C36H36Cl3N3O3S.C6H8O7/c1-41(36(43)34-30-7-5-4-6-25(30)18-27(21-40)35(34)45-2)22-26(24-8-11-31(38)32(39)19-24)14-17-42-15-12-23(13-16-42)29-10-9-28(37)20-33(29)46(3)44;7-3(8)1-6(13,5(11)12)2-4(9)10/h4-11,18-20,23,26H,12-17,22H2,1-3H3;13H,1-2H2,(H,7,8)(H,9,10)(H,11,12). The van der Waals surface area contributed by atoms with Crippen LogP contribution in [0.1, 0.15) is 71.0 Å². The maximum Gasteiger partial charge on any atom is 0.336 e. The largest absolute Gasteiger partial charge is 0.612 e. The number of likely N-dealkylation sites (tertiary alicyclic amines) is 1. The number of carbonyl (C=O) groups is 4. The van der Waals surface area contributed by atoms with Gasteiger partial charge < -0.3 is 39.5 Å². The molecule has 2 unspecified atom stereocenters. The first-order chi connectivity index (χ1) is 27.9. The Morgan fingerprint density at radius 3 is 2.19 bits per heavy atom.